The number of halogens is 3. The Hall–Kier alpha value is -4.62. The summed E-state index contributed by atoms with van der Waals surface area (Å²) in [6.45, 7) is 5.63. The Bertz CT molecular complexity index is 2060. The van der Waals surface area contributed by atoms with Crippen molar-refractivity contribution in [2.45, 2.75) is 65.5 Å². The number of hydrogen-bond donors (Lipinski definition) is 1. The number of amides is 2. The van der Waals surface area contributed by atoms with E-state index < -0.39 is 28.7 Å². The number of benzene rings is 1. The fourth-order valence-electron chi connectivity index (χ4n) is 6.16. The molecule has 4 heterocycles. The van der Waals surface area contributed by atoms with Gasteiger partial charge < -0.3 is 10.5 Å². The summed E-state index contributed by atoms with van der Waals surface area (Å²) in [4.78, 5) is 36.8. The van der Waals surface area contributed by atoms with Crippen molar-refractivity contribution < 1.29 is 32.0 Å². The molecule has 2 aromatic heterocycles. The predicted octanol–water partition coefficient (Wildman–Crippen LogP) is 6.83. The van der Waals surface area contributed by atoms with Gasteiger partial charge in [0, 0.05) is 52.6 Å². The smallest absolute Gasteiger partial charge is 0.423 e. The van der Waals surface area contributed by atoms with Gasteiger partial charge in [0.25, 0.3) is 5.91 Å². The molecule has 1 saturated carbocycles. The Morgan fingerprint density at radius 1 is 1.22 bits per heavy atom. The van der Waals surface area contributed by atoms with E-state index in [9.17, 15) is 13.8 Å². The highest BCUT2D eigenvalue weighted by molar-refractivity contribution is 7.88. The van der Waals surface area contributed by atoms with E-state index in [0.29, 0.717) is 57.7 Å². The summed E-state index contributed by atoms with van der Waals surface area (Å²) in [5.74, 6) is -1.73. The number of alkyl halides is 2. The number of fused-ring (bicyclic) bond motifs is 2. The van der Waals surface area contributed by atoms with Gasteiger partial charge in [-0.05, 0) is 72.5 Å². The predicted molar refractivity (Wildman–Crippen MR) is 190 cm³/mol. The van der Waals surface area contributed by atoms with Crippen molar-refractivity contribution in [3.63, 3.8) is 0 Å². The van der Waals surface area contributed by atoms with Crippen molar-refractivity contribution >= 4 is 57.6 Å². The molecule has 260 valence electrons. The first-order valence-electron chi connectivity index (χ1n) is 16.3. The Morgan fingerprint density at radius 2 is 1.98 bits per heavy atom. The molecule has 1 aromatic carbocycles. The monoisotopic (exact) mass is 721 g/mol. The second-order valence-corrected chi connectivity index (χ2v) is 14.0. The Labute approximate surface area is 295 Å². The van der Waals surface area contributed by atoms with E-state index in [-0.39, 0.29) is 23.5 Å². The van der Waals surface area contributed by atoms with Crippen molar-refractivity contribution in [3.8, 4) is 16.9 Å². The minimum absolute atomic E-state index is 0.107. The van der Waals surface area contributed by atoms with Gasteiger partial charge in [-0.15, -0.1) is 0 Å². The van der Waals surface area contributed by atoms with Gasteiger partial charge in [0.2, 0.25) is 0 Å². The van der Waals surface area contributed by atoms with E-state index in [1.807, 2.05) is 26.8 Å². The SMILES string of the molecule is C/C(C1=CCCC(S(C)=O)=C1)=[N+]1/N=Cc2c1nc(CC1CC1)c(C(N)=O)c2-c1ccc2c(c1)OC(F)(F)C(=O)N2Cc1ccc(Cl)cn1.CC. The minimum Gasteiger partial charge on any atom is -0.423 e. The van der Waals surface area contributed by atoms with Crippen LogP contribution in [-0.4, -0.2) is 55.0 Å². The molecule has 0 spiro atoms. The number of hydrazone groups is 1. The van der Waals surface area contributed by atoms with Gasteiger partial charge in [-0.3, -0.25) is 23.7 Å². The van der Waals surface area contributed by atoms with Crippen LogP contribution in [0.1, 0.15) is 73.8 Å². The topological polar surface area (TPSA) is 131 Å². The van der Waals surface area contributed by atoms with E-state index >= 15 is 8.78 Å². The van der Waals surface area contributed by atoms with Crippen molar-refractivity contribution in [2.75, 3.05) is 11.2 Å². The van der Waals surface area contributed by atoms with E-state index in [4.69, 9.17) is 27.1 Å². The zero-order chi connectivity index (χ0) is 35.9. The summed E-state index contributed by atoms with van der Waals surface area (Å²) in [6.07, 6.45) is 8.29. The lowest BCUT2D eigenvalue weighted by Crippen LogP contribution is -2.50. The second kappa shape index (κ2) is 13.9. The summed E-state index contributed by atoms with van der Waals surface area (Å²) in [5.41, 5.74) is 9.93. The molecule has 2 aliphatic carbocycles. The summed E-state index contributed by atoms with van der Waals surface area (Å²) < 4.78 is 49.0. The molecule has 1 fully saturated rings. The molecule has 0 radical (unpaired) electrons. The van der Waals surface area contributed by atoms with E-state index in [1.54, 1.807) is 35.4 Å². The van der Waals surface area contributed by atoms with Crippen LogP contribution in [0.25, 0.3) is 11.1 Å². The number of ether oxygens (including phenoxy) is 1. The maximum absolute atomic E-state index is 15.1. The molecule has 50 heavy (non-hydrogen) atoms. The number of primary amides is 1. The van der Waals surface area contributed by atoms with Crippen molar-refractivity contribution in [1.82, 2.24) is 9.97 Å². The Kier molecular flexibility index (Phi) is 9.82. The summed E-state index contributed by atoms with van der Waals surface area (Å²) >= 11 is 5.94. The van der Waals surface area contributed by atoms with Gasteiger partial charge in [-0.25, -0.2) is 0 Å². The van der Waals surface area contributed by atoms with Gasteiger partial charge in [0.05, 0.1) is 34.7 Å². The summed E-state index contributed by atoms with van der Waals surface area (Å²) in [7, 11) is -1.12. The van der Waals surface area contributed by atoms with Crippen LogP contribution in [0.2, 0.25) is 5.02 Å². The standard InChI is InChI=1S/C34H29ClF2N6O4S.C2H6/c1-18(20-4-3-5-24(13-20)48(2)46)43-32-25(16-40-43)29(30(31(38)44)26(41-32)12-19-6-7-19)21-8-11-27-28(14-21)47-34(36,37)33(45)42(27)17-23-10-9-22(35)15-39-23;1-2/h4,8-11,13-16,19H,3,5-7,12,17H2,1-2H3,(H-,38,44);1-2H3/p+1/b43-18-;. The number of hydrogen-bond acceptors (Lipinski definition) is 7. The van der Waals surface area contributed by atoms with Crippen LogP contribution in [0, 0.1) is 5.92 Å². The van der Waals surface area contributed by atoms with E-state index in [0.717, 1.165) is 40.4 Å². The van der Waals surface area contributed by atoms with Crippen LogP contribution in [0.3, 0.4) is 0 Å². The van der Waals surface area contributed by atoms with E-state index in [1.165, 1.54) is 18.3 Å². The molecule has 2 N–H and O–H groups in total. The largest absolute Gasteiger partial charge is 0.482 e. The van der Waals surface area contributed by atoms with Crippen molar-refractivity contribution in [1.29, 1.82) is 0 Å². The Balaban J connectivity index is 0.00000212. The van der Waals surface area contributed by atoms with Crippen LogP contribution in [0.4, 0.5) is 20.3 Å². The molecule has 1 atom stereocenters. The highest BCUT2D eigenvalue weighted by Crippen LogP contribution is 2.45. The fourth-order valence-corrected chi connectivity index (χ4v) is 6.97. The van der Waals surface area contributed by atoms with Crippen LogP contribution in [-0.2, 0) is 28.6 Å². The second-order valence-electron chi connectivity index (χ2n) is 12.1. The zero-order valence-electron chi connectivity index (χ0n) is 28.0. The molecule has 10 nitrogen and oxygen atoms in total. The lowest BCUT2D eigenvalue weighted by molar-refractivity contribution is -0.444. The van der Waals surface area contributed by atoms with Gasteiger partial charge in [0.15, 0.2) is 11.4 Å². The zero-order valence-corrected chi connectivity index (χ0v) is 29.6. The molecule has 2 aliphatic heterocycles. The normalized spacial score (nSPS) is 18.9. The molecule has 1 unspecified atom stereocenters. The van der Waals surface area contributed by atoms with Crippen LogP contribution in [0.5, 0.6) is 5.75 Å². The fraction of sp³-hybridized carbons (Fsp3) is 0.333. The van der Waals surface area contributed by atoms with Crippen LogP contribution in [0.15, 0.2) is 64.3 Å². The molecule has 0 bridgehead atoms. The molecule has 0 saturated heterocycles. The number of aromatic nitrogens is 2. The van der Waals surface area contributed by atoms with Crippen LogP contribution < -0.4 is 15.4 Å². The number of nitrogens with zero attached hydrogens (tertiary/aromatic N) is 5. The average Bonchev–Trinajstić information content (AvgIpc) is 3.82. The van der Waals surface area contributed by atoms with Gasteiger partial charge in [-0.1, -0.05) is 47.4 Å². The third kappa shape index (κ3) is 6.76. The molecule has 3 aromatic rings. The first-order chi connectivity index (χ1) is 23.9. The number of nitrogens with two attached hydrogens (primary N) is 1. The molecule has 2 amide bonds. The maximum Gasteiger partial charge on any atom is 0.482 e. The third-order valence-electron chi connectivity index (χ3n) is 8.77. The van der Waals surface area contributed by atoms with Gasteiger partial charge >= 0.3 is 17.8 Å². The lowest BCUT2D eigenvalue weighted by atomic mass is 9.91. The first kappa shape index (κ1) is 35.2. The summed E-state index contributed by atoms with van der Waals surface area (Å²) in [6, 6.07) is 7.61. The highest BCUT2D eigenvalue weighted by Gasteiger charge is 2.51. The van der Waals surface area contributed by atoms with Crippen molar-refractivity contribution in [2.24, 2.45) is 16.8 Å². The van der Waals surface area contributed by atoms with Crippen molar-refractivity contribution in [3.05, 3.63) is 86.7 Å². The first-order valence-corrected chi connectivity index (χ1v) is 18.3. The number of allylic oxidation sites excluding steroid dienone is 4. The lowest BCUT2D eigenvalue weighted by Gasteiger charge is -2.33. The molecular weight excluding hydrogens is 686 g/mol. The molecule has 14 heteroatoms. The van der Waals surface area contributed by atoms with Gasteiger partial charge in [0.1, 0.15) is 11.3 Å². The number of pyridine rings is 2. The number of rotatable bonds is 8. The number of carbonyl (C=O) groups is 2. The number of anilines is 1. The van der Waals surface area contributed by atoms with Gasteiger partial charge in [-0.2, -0.15) is 8.78 Å². The number of carbonyl (C=O) groups excluding carboxylic acids is 2. The molecule has 4 aliphatic rings. The molecule has 7 rings (SSSR count). The maximum atomic E-state index is 15.1. The third-order valence-corrected chi connectivity index (χ3v) is 10.1. The highest BCUT2D eigenvalue weighted by atomic mass is 35.5. The average molecular weight is 722 g/mol. The minimum atomic E-state index is -4.16. The summed E-state index contributed by atoms with van der Waals surface area (Å²) in [5, 5.41) is 5.01. The van der Waals surface area contributed by atoms with Crippen LogP contribution >= 0.6 is 11.6 Å². The quantitative estimate of drug-likeness (QED) is 0.254. The Morgan fingerprint density at radius 3 is 2.64 bits per heavy atom. The molecular formula is C36H36ClF2N6O4S+. The van der Waals surface area contributed by atoms with E-state index in [2.05, 4.69) is 16.2 Å².